The summed E-state index contributed by atoms with van der Waals surface area (Å²) in [5.41, 5.74) is 1.55. The highest BCUT2D eigenvalue weighted by Gasteiger charge is 2.12. The number of methoxy groups -OCH3 is 1. The molecule has 2 aromatic carbocycles. The number of thiophene rings is 1. The lowest BCUT2D eigenvalue weighted by molar-refractivity contribution is 0.112. The Bertz CT molecular complexity index is 710. The van der Waals surface area contributed by atoms with Crippen molar-refractivity contribution in [2.75, 3.05) is 7.11 Å². The Morgan fingerprint density at radius 1 is 1.11 bits per heavy atom. The van der Waals surface area contributed by atoms with Crippen molar-refractivity contribution in [1.82, 2.24) is 0 Å². The highest BCUT2D eigenvalue weighted by Crippen LogP contribution is 2.39. The molecular weight excluding hydrogens is 256 g/mol. The van der Waals surface area contributed by atoms with Crippen LogP contribution in [0.5, 0.6) is 5.75 Å². The summed E-state index contributed by atoms with van der Waals surface area (Å²) in [6.45, 7) is 0. The molecule has 0 spiro atoms. The van der Waals surface area contributed by atoms with E-state index >= 15 is 0 Å². The van der Waals surface area contributed by atoms with Crippen LogP contribution in [-0.2, 0) is 0 Å². The smallest absolute Gasteiger partial charge is 0.153 e. The van der Waals surface area contributed by atoms with Crippen molar-refractivity contribution in [3.8, 4) is 16.2 Å². The van der Waals surface area contributed by atoms with Gasteiger partial charge in [0.05, 0.1) is 12.7 Å². The van der Waals surface area contributed by atoms with E-state index in [9.17, 15) is 4.79 Å². The second-order valence-electron chi connectivity index (χ2n) is 4.19. The number of hydrogen-bond acceptors (Lipinski definition) is 3. The fourth-order valence-corrected chi connectivity index (χ4v) is 3.27. The molecule has 0 unspecified atom stereocenters. The molecule has 0 saturated heterocycles. The number of fused-ring (bicyclic) bond motifs is 1. The predicted octanol–water partition coefficient (Wildman–Crippen LogP) is 4.39. The predicted molar refractivity (Wildman–Crippen MR) is 79.2 cm³/mol. The highest BCUT2D eigenvalue weighted by molar-refractivity contribution is 7.22. The van der Waals surface area contributed by atoms with E-state index in [1.165, 1.54) is 10.1 Å². The average Bonchev–Trinajstić information content (AvgIpc) is 2.89. The quantitative estimate of drug-likeness (QED) is 0.658. The van der Waals surface area contributed by atoms with Crippen molar-refractivity contribution >= 4 is 27.7 Å². The zero-order chi connectivity index (χ0) is 13.2. The van der Waals surface area contributed by atoms with E-state index in [4.69, 9.17) is 4.74 Å². The zero-order valence-electron chi connectivity index (χ0n) is 10.4. The third-order valence-electron chi connectivity index (χ3n) is 3.07. The maximum absolute atomic E-state index is 11.1. The summed E-state index contributed by atoms with van der Waals surface area (Å²) in [6, 6.07) is 16.0. The Kier molecular flexibility index (Phi) is 3.05. The molecule has 3 heteroatoms. The zero-order valence-corrected chi connectivity index (χ0v) is 11.2. The van der Waals surface area contributed by atoms with E-state index < -0.39 is 0 Å². The lowest BCUT2D eigenvalue weighted by Gasteiger charge is -2.08. The molecule has 0 aliphatic carbocycles. The van der Waals surface area contributed by atoms with Gasteiger partial charge in [-0.2, -0.15) is 0 Å². The molecule has 1 aromatic heterocycles. The van der Waals surface area contributed by atoms with Crippen LogP contribution in [0.15, 0.2) is 48.5 Å². The van der Waals surface area contributed by atoms with Gasteiger partial charge in [0.25, 0.3) is 0 Å². The van der Waals surface area contributed by atoms with Gasteiger partial charge in [0.1, 0.15) is 5.75 Å². The Balaban J connectivity index is 2.23. The lowest BCUT2D eigenvalue weighted by atomic mass is 10.1. The molecule has 0 amide bonds. The Hall–Kier alpha value is -2.13. The van der Waals surface area contributed by atoms with E-state index in [0.29, 0.717) is 11.3 Å². The SMILES string of the molecule is COc1c(C=O)cccc1-c1cc2ccccc2s1. The molecule has 0 fully saturated rings. The molecule has 19 heavy (non-hydrogen) atoms. The second kappa shape index (κ2) is 4.86. The van der Waals surface area contributed by atoms with Gasteiger partial charge in [-0.1, -0.05) is 24.3 Å². The summed E-state index contributed by atoms with van der Waals surface area (Å²) >= 11 is 1.70. The maximum atomic E-state index is 11.1. The topological polar surface area (TPSA) is 26.3 Å². The first kappa shape index (κ1) is 11.9. The van der Waals surface area contributed by atoms with Gasteiger partial charge in [-0.3, -0.25) is 4.79 Å². The Morgan fingerprint density at radius 2 is 1.95 bits per heavy atom. The van der Waals surface area contributed by atoms with Crippen LogP contribution in [0.4, 0.5) is 0 Å². The van der Waals surface area contributed by atoms with Crippen LogP contribution < -0.4 is 4.74 Å². The van der Waals surface area contributed by atoms with Gasteiger partial charge < -0.3 is 4.74 Å². The Morgan fingerprint density at radius 3 is 2.68 bits per heavy atom. The van der Waals surface area contributed by atoms with Crippen molar-refractivity contribution in [1.29, 1.82) is 0 Å². The van der Waals surface area contributed by atoms with Gasteiger partial charge in [0.2, 0.25) is 0 Å². The molecule has 0 bridgehead atoms. The maximum Gasteiger partial charge on any atom is 0.153 e. The summed E-state index contributed by atoms with van der Waals surface area (Å²) < 4.78 is 6.63. The monoisotopic (exact) mass is 268 g/mol. The van der Waals surface area contributed by atoms with E-state index in [1.54, 1.807) is 24.5 Å². The minimum Gasteiger partial charge on any atom is -0.495 e. The molecule has 3 aromatic rings. The first-order chi connectivity index (χ1) is 9.33. The Labute approximate surface area is 115 Å². The molecule has 0 aliphatic heterocycles. The third-order valence-corrected chi connectivity index (χ3v) is 4.22. The van der Waals surface area contributed by atoms with Gasteiger partial charge >= 0.3 is 0 Å². The molecule has 0 radical (unpaired) electrons. The van der Waals surface area contributed by atoms with Crippen molar-refractivity contribution < 1.29 is 9.53 Å². The van der Waals surface area contributed by atoms with Crippen molar-refractivity contribution in [3.63, 3.8) is 0 Å². The molecule has 1 heterocycles. The second-order valence-corrected chi connectivity index (χ2v) is 5.28. The molecule has 0 aliphatic rings. The van der Waals surface area contributed by atoms with Gasteiger partial charge in [-0.25, -0.2) is 0 Å². The third kappa shape index (κ3) is 2.02. The summed E-state index contributed by atoms with van der Waals surface area (Å²) in [6.07, 6.45) is 0.829. The van der Waals surface area contributed by atoms with Crippen LogP contribution in [0.25, 0.3) is 20.5 Å². The van der Waals surface area contributed by atoms with Gasteiger partial charge in [0.15, 0.2) is 6.29 Å². The number of rotatable bonds is 3. The van der Waals surface area contributed by atoms with Gasteiger partial charge in [-0.05, 0) is 29.7 Å². The van der Waals surface area contributed by atoms with E-state index in [-0.39, 0.29) is 0 Å². The molecule has 2 nitrogen and oxygen atoms in total. The normalized spacial score (nSPS) is 10.6. The van der Waals surface area contributed by atoms with Crippen LogP contribution in [0.1, 0.15) is 10.4 Å². The van der Waals surface area contributed by atoms with Crippen molar-refractivity contribution in [2.45, 2.75) is 0 Å². The van der Waals surface area contributed by atoms with Crippen molar-refractivity contribution in [2.24, 2.45) is 0 Å². The number of aldehydes is 1. The van der Waals surface area contributed by atoms with E-state index in [2.05, 4.69) is 18.2 Å². The van der Waals surface area contributed by atoms with Crippen LogP contribution in [0, 0.1) is 0 Å². The highest BCUT2D eigenvalue weighted by atomic mass is 32.1. The van der Waals surface area contributed by atoms with Crippen LogP contribution in [-0.4, -0.2) is 13.4 Å². The molecule has 0 atom stereocenters. The average molecular weight is 268 g/mol. The molecule has 0 saturated carbocycles. The fraction of sp³-hybridized carbons (Fsp3) is 0.0625. The number of ether oxygens (including phenoxy) is 1. The fourth-order valence-electron chi connectivity index (χ4n) is 2.18. The summed E-state index contributed by atoms with van der Waals surface area (Å²) in [5.74, 6) is 0.643. The van der Waals surface area contributed by atoms with Crippen LogP contribution in [0.3, 0.4) is 0 Å². The van der Waals surface area contributed by atoms with Crippen LogP contribution >= 0.6 is 11.3 Å². The molecular formula is C16H12O2S. The molecule has 0 N–H and O–H groups in total. The van der Waals surface area contributed by atoms with Crippen LogP contribution in [0.2, 0.25) is 0 Å². The van der Waals surface area contributed by atoms with E-state index in [0.717, 1.165) is 16.7 Å². The first-order valence-electron chi connectivity index (χ1n) is 5.94. The standard InChI is InChI=1S/C16H12O2S/c1-18-16-12(10-17)6-4-7-13(16)15-9-11-5-2-3-8-14(11)19-15/h2-10H,1H3. The van der Waals surface area contributed by atoms with Gasteiger partial charge in [-0.15, -0.1) is 11.3 Å². The number of para-hydroxylation sites is 1. The summed E-state index contributed by atoms with van der Waals surface area (Å²) in [7, 11) is 1.60. The van der Waals surface area contributed by atoms with Crippen molar-refractivity contribution in [3.05, 3.63) is 54.1 Å². The number of hydrogen-bond donors (Lipinski definition) is 0. The largest absolute Gasteiger partial charge is 0.495 e. The number of carbonyl (C=O) groups is 1. The summed E-state index contributed by atoms with van der Waals surface area (Å²) in [4.78, 5) is 12.2. The number of carbonyl (C=O) groups excluding carboxylic acids is 1. The first-order valence-corrected chi connectivity index (χ1v) is 6.76. The van der Waals surface area contributed by atoms with E-state index in [1.807, 2.05) is 24.3 Å². The lowest BCUT2D eigenvalue weighted by Crippen LogP contribution is -1.92. The number of benzene rings is 2. The minimum atomic E-state index is 0.581. The molecule has 3 rings (SSSR count). The summed E-state index contributed by atoms with van der Waals surface area (Å²) in [5, 5.41) is 1.21. The minimum absolute atomic E-state index is 0.581. The molecule has 94 valence electrons. The van der Waals surface area contributed by atoms with Gasteiger partial charge in [0, 0.05) is 15.1 Å².